The average Bonchev–Trinajstić information content (AvgIpc) is 2.93. The lowest BCUT2D eigenvalue weighted by Gasteiger charge is -2.12. The molecule has 0 amide bonds. The van der Waals surface area contributed by atoms with Crippen molar-refractivity contribution in [1.82, 2.24) is 0 Å². The normalized spacial score (nSPS) is 10.4. The van der Waals surface area contributed by atoms with Gasteiger partial charge in [-0.2, -0.15) is 0 Å². The van der Waals surface area contributed by atoms with Crippen molar-refractivity contribution in [1.29, 1.82) is 0 Å². The fourth-order valence-electron chi connectivity index (χ4n) is 4.22. The first kappa shape index (κ1) is 22.8. The van der Waals surface area contributed by atoms with Gasteiger partial charge in [0, 0.05) is 4.47 Å². The van der Waals surface area contributed by atoms with Crippen LogP contribution in [0.25, 0.3) is 23.3 Å². The van der Waals surface area contributed by atoms with E-state index in [1.54, 1.807) is 0 Å². The van der Waals surface area contributed by atoms with Crippen LogP contribution in [-0.2, 0) is 0 Å². The number of halogens is 1. The second-order valence-corrected chi connectivity index (χ2v) is 9.22. The van der Waals surface area contributed by atoms with Crippen molar-refractivity contribution in [3.8, 4) is 0 Å². The molecule has 0 fully saturated rings. The van der Waals surface area contributed by atoms with E-state index in [1.807, 2.05) is 0 Å². The number of rotatable bonds is 6. The predicted molar refractivity (Wildman–Crippen MR) is 154 cm³/mol. The molecular weight excluding hydrogens is 488 g/mol. The van der Waals surface area contributed by atoms with Crippen LogP contribution in [-0.4, -0.2) is 0 Å². The Morgan fingerprint density at radius 2 is 0.800 bits per heavy atom. The molecule has 0 N–H and O–H groups in total. The fourth-order valence-corrected chi connectivity index (χ4v) is 4.58. The SMILES string of the molecule is Brc1ccc(C=C(c2ccccc2)c2ccccc2)cc1C=C(c1ccccc1)c1ccccc1. The first-order chi connectivity index (χ1) is 17.3. The Labute approximate surface area is 216 Å². The van der Waals surface area contributed by atoms with E-state index in [0.29, 0.717) is 0 Å². The summed E-state index contributed by atoms with van der Waals surface area (Å²) in [7, 11) is 0. The Hall–Kier alpha value is -3.94. The highest BCUT2D eigenvalue weighted by atomic mass is 79.9. The Morgan fingerprint density at radius 3 is 1.20 bits per heavy atom. The van der Waals surface area contributed by atoms with E-state index in [1.165, 1.54) is 33.4 Å². The van der Waals surface area contributed by atoms with E-state index in [9.17, 15) is 0 Å². The summed E-state index contributed by atoms with van der Waals surface area (Å²) in [4.78, 5) is 0. The van der Waals surface area contributed by atoms with Gasteiger partial charge in [0.05, 0.1) is 0 Å². The Morgan fingerprint density at radius 1 is 0.429 bits per heavy atom. The van der Waals surface area contributed by atoms with Gasteiger partial charge in [-0.25, -0.2) is 0 Å². The summed E-state index contributed by atoms with van der Waals surface area (Å²) in [6, 6.07) is 48.8. The quantitative estimate of drug-likeness (QED) is 0.198. The minimum atomic E-state index is 1.07. The molecule has 168 valence electrons. The molecule has 5 rings (SSSR count). The van der Waals surface area contributed by atoms with Crippen LogP contribution in [0.2, 0.25) is 0 Å². The zero-order valence-corrected chi connectivity index (χ0v) is 20.9. The lowest BCUT2D eigenvalue weighted by atomic mass is 9.93. The molecule has 5 aromatic carbocycles. The molecule has 0 aliphatic heterocycles. The third kappa shape index (κ3) is 5.59. The topological polar surface area (TPSA) is 0 Å². The standard InChI is InChI=1S/C34H25Br/c35-34-22-21-26(24-32(27-13-5-1-6-14-27)28-15-7-2-8-16-28)23-31(34)25-33(29-17-9-3-10-18-29)30-19-11-4-12-20-30/h1-25H. The zero-order valence-electron chi connectivity index (χ0n) is 19.3. The van der Waals surface area contributed by atoms with Gasteiger partial charge in [0.15, 0.2) is 0 Å². The molecule has 0 saturated heterocycles. The largest absolute Gasteiger partial charge is 0.0622 e. The van der Waals surface area contributed by atoms with E-state index in [4.69, 9.17) is 0 Å². The summed E-state index contributed by atoms with van der Waals surface area (Å²) >= 11 is 3.79. The van der Waals surface area contributed by atoms with Crippen LogP contribution in [0.1, 0.15) is 33.4 Å². The Balaban J connectivity index is 1.63. The highest BCUT2D eigenvalue weighted by Crippen LogP contribution is 2.31. The van der Waals surface area contributed by atoms with Gasteiger partial charge in [0.2, 0.25) is 0 Å². The number of hydrogen-bond donors (Lipinski definition) is 0. The van der Waals surface area contributed by atoms with Crippen molar-refractivity contribution >= 4 is 39.2 Å². The summed E-state index contributed by atoms with van der Waals surface area (Å²) in [5.41, 5.74) is 9.49. The summed E-state index contributed by atoms with van der Waals surface area (Å²) in [5, 5.41) is 0. The van der Waals surface area contributed by atoms with Crippen LogP contribution in [0.5, 0.6) is 0 Å². The van der Waals surface area contributed by atoms with Crippen molar-refractivity contribution in [2.75, 3.05) is 0 Å². The zero-order chi connectivity index (χ0) is 23.9. The van der Waals surface area contributed by atoms with Gasteiger partial charge in [0.25, 0.3) is 0 Å². The Kier molecular flexibility index (Phi) is 7.17. The van der Waals surface area contributed by atoms with Crippen molar-refractivity contribution in [3.63, 3.8) is 0 Å². The van der Waals surface area contributed by atoms with E-state index < -0.39 is 0 Å². The molecular formula is C34H25Br. The highest BCUT2D eigenvalue weighted by Gasteiger charge is 2.09. The van der Waals surface area contributed by atoms with Crippen LogP contribution >= 0.6 is 15.9 Å². The van der Waals surface area contributed by atoms with Gasteiger partial charge in [-0.1, -0.05) is 143 Å². The van der Waals surface area contributed by atoms with Gasteiger partial charge in [-0.3, -0.25) is 0 Å². The minimum absolute atomic E-state index is 1.07. The third-order valence-electron chi connectivity index (χ3n) is 5.97. The smallest absolute Gasteiger partial charge is 0.0248 e. The number of benzene rings is 5. The van der Waals surface area contributed by atoms with E-state index in [0.717, 1.165) is 15.6 Å². The maximum absolute atomic E-state index is 3.79. The average molecular weight is 513 g/mol. The molecule has 0 aliphatic carbocycles. The summed E-state index contributed by atoms with van der Waals surface area (Å²) in [6.45, 7) is 0. The first-order valence-corrected chi connectivity index (χ1v) is 12.5. The van der Waals surface area contributed by atoms with Crippen molar-refractivity contribution in [2.45, 2.75) is 0 Å². The van der Waals surface area contributed by atoms with Gasteiger partial charge < -0.3 is 0 Å². The molecule has 35 heavy (non-hydrogen) atoms. The molecule has 5 aromatic rings. The molecule has 0 aliphatic rings. The van der Waals surface area contributed by atoms with Crippen molar-refractivity contribution in [2.24, 2.45) is 0 Å². The van der Waals surface area contributed by atoms with Crippen molar-refractivity contribution < 1.29 is 0 Å². The minimum Gasteiger partial charge on any atom is -0.0622 e. The first-order valence-electron chi connectivity index (χ1n) is 11.7. The maximum Gasteiger partial charge on any atom is 0.0248 e. The van der Waals surface area contributed by atoms with Crippen LogP contribution in [0, 0.1) is 0 Å². The third-order valence-corrected chi connectivity index (χ3v) is 6.69. The molecule has 0 radical (unpaired) electrons. The van der Waals surface area contributed by atoms with E-state index >= 15 is 0 Å². The van der Waals surface area contributed by atoms with Gasteiger partial charge in [-0.15, -0.1) is 0 Å². The summed E-state index contributed by atoms with van der Waals surface area (Å²) in [5.74, 6) is 0. The van der Waals surface area contributed by atoms with Crippen molar-refractivity contribution in [3.05, 3.63) is 177 Å². The molecule has 0 spiro atoms. The molecule has 1 heteroatoms. The van der Waals surface area contributed by atoms with Gasteiger partial charge in [-0.05, 0) is 68.8 Å². The predicted octanol–water partition coefficient (Wildman–Crippen LogP) is 9.63. The number of hydrogen-bond acceptors (Lipinski definition) is 0. The van der Waals surface area contributed by atoms with Gasteiger partial charge in [0.1, 0.15) is 0 Å². The lowest BCUT2D eigenvalue weighted by molar-refractivity contribution is 1.52. The fraction of sp³-hybridized carbons (Fsp3) is 0. The summed E-state index contributed by atoms with van der Waals surface area (Å²) in [6.07, 6.45) is 4.55. The molecule has 0 saturated carbocycles. The van der Waals surface area contributed by atoms with Crippen LogP contribution < -0.4 is 0 Å². The van der Waals surface area contributed by atoms with E-state index in [-0.39, 0.29) is 0 Å². The van der Waals surface area contributed by atoms with Crippen LogP contribution in [0.3, 0.4) is 0 Å². The molecule has 0 aromatic heterocycles. The molecule has 0 atom stereocenters. The maximum atomic E-state index is 3.79. The molecule has 0 bridgehead atoms. The molecule has 0 heterocycles. The Bertz CT molecular complexity index is 1370. The summed E-state index contributed by atoms with van der Waals surface area (Å²) < 4.78 is 1.07. The second-order valence-electron chi connectivity index (χ2n) is 8.36. The van der Waals surface area contributed by atoms with Crippen LogP contribution in [0.15, 0.2) is 144 Å². The highest BCUT2D eigenvalue weighted by molar-refractivity contribution is 9.10. The molecule has 0 unspecified atom stereocenters. The van der Waals surface area contributed by atoms with E-state index in [2.05, 4.69) is 168 Å². The molecule has 0 nitrogen and oxygen atoms in total. The second kappa shape index (κ2) is 11.0. The van der Waals surface area contributed by atoms with Gasteiger partial charge >= 0.3 is 0 Å². The monoisotopic (exact) mass is 512 g/mol. The van der Waals surface area contributed by atoms with Crippen LogP contribution in [0.4, 0.5) is 0 Å². The lowest BCUT2D eigenvalue weighted by Crippen LogP contribution is -1.90.